The van der Waals surface area contributed by atoms with E-state index in [0.29, 0.717) is 33.1 Å². The van der Waals surface area contributed by atoms with Crippen molar-refractivity contribution in [3.8, 4) is 0 Å². The minimum Gasteiger partial charge on any atom is -0.393 e. The molecule has 0 radical (unpaired) electrons. The lowest BCUT2D eigenvalue weighted by Crippen LogP contribution is -2.47. The van der Waals surface area contributed by atoms with Crippen LogP contribution in [-0.2, 0) is 0 Å². The van der Waals surface area contributed by atoms with E-state index >= 15 is 0 Å². The molecule has 24 heavy (non-hydrogen) atoms. The summed E-state index contributed by atoms with van der Waals surface area (Å²) in [6.07, 6.45) is 1.46. The molecular weight excluding hydrogens is 349 g/mol. The van der Waals surface area contributed by atoms with Gasteiger partial charge in [-0.05, 0) is 25.2 Å². The lowest BCUT2D eigenvalue weighted by atomic mass is 10.3. The van der Waals surface area contributed by atoms with Crippen molar-refractivity contribution < 1.29 is 0 Å². The molecule has 7 nitrogen and oxygen atoms in total. The monoisotopic (exact) mass is 367 g/mol. The number of hydrogen-bond acceptors (Lipinski definition) is 7. The lowest BCUT2D eigenvalue weighted by Gasteiger charge is -2.33. The van der Waals surface area contributed by atoms with E-state index in [9.17, 15) is 0 Å². The highest BCUT2D eigenvalue weighted by Crippen LogP contribution is 2.31. The molecule has 0 spiro atoms. The molecule has 0 unspecified atom stereocenters. The molecule has 1 aromatic carbocycles. The van der Waals surface area contributed by atoms with Gasteiger partial charge in [0.15, 0.2) is 11.6 Å². The lowest BCUT2D eigenvalue weighted by molar-refractivity contribution is 0.178. The molecular formula is C15H19Cl2N7. The summed E-state index contributed by atoms with van der Waals surface area (Å²) in [5, 5.41) is 6.28. The number of piperazine rings is 1. The summed E-state index contributed by atoms with van der Waals surface area (Å²) in [6, 6.07) is 5.18. The molecule has 9 heteroatoms. The van der Waals surface area contributed by atoms with Crippen LogP contribution in [0.25, 0.3) is 0 Å². The van der Waals surface area contributed by atoms with Crippen LogP contribution < -0.4 is 16.5 Å². The number of nitrogens with zero attached hydrogens (tertiary/aromatic N) is 4. The van der Waals surface area contributed by atoms with Gasteiger partial charge >= 0.3 is 0 Å². The van der Waals surface area contributed by atoms with Crippen LogP contribution in [0, 0.1) is 0 Å². The summed E-state index contributed by atoms with van der Waals surface area (Å²) < 4.78 is 0. The summed E-state index contributed by atoms with van der Waals surface area (Å²) in [7, 11) is 2.11. The summed E-state index contributed by atoms with van der Waals surface area (Å²) in [4.78, 5) is 10.7. The molecule has 1 fully saturated rings. The van der Waals surface area contributed by atoms with Gasteiger partial charge < -0.3 is 21.4 Å². The Labute approximate surface area is 150 Å². The first kappa shape index (κ1) is 17.0. The number of nitrogens with two attached hydrogens (primary N) is 1. The third-order valence-corrected chi connectivity index (χ3v) is 4.38. The van der Waals surface area contributed by atoms with Crippen molar-refractivity contribution in [3.63, 3.8) is 0 Å². The van der Waals surface area contributed by atoms with E-state index in [-0.39, 0.29) is 0 Å². The highest BCUT2D eigenvalue weighted by atomic mass is 35.5. The molecule has 1 aliphatic heterocycles. The number of benzene rings is 1. The molecule has 1 aliphatic rings. The van der Waals surface area contributed by atoms with Gasteiger partial charge in [0.1, 0.15) is 12.0 Å². The minimum absolute atomic E-state index is 0.433. The van der Waals surface area contributed by atoms with Gasteiger partial charge in [-0.1, -0.05) is 23.2 Å². The van der Waals surface area contributed by atoms with Crippen LogP contribution in [0.1, 0.15) is 0 Å². The number of halogens is 2. The quantitative estimate of drug-likeness (QED) is 0.765. The molecule has 2 heterocycles. The summed E-state index contributed by atoms with van der Waals surface area (Å²) in [5.41, 5.74) is 10.6. The second-order valence-electron chi connectivity index (χ2n) is 5.64. The van der Waals surface area contributed by atoms with Crippen LogP contribution in [-0.4, -0.2) is 53.1 Å². The zero-order valence-corrected chi connectivity index (χ0v) is 14.8. The summed E-state index contributed by atoms with van der Waals surface area (Å²) >= 11 is 12.1. The van der Waals surface area contributed by atoms with Gasteiger partial charge in [0.25, 0.3) is 0 Å². The Hall–Kier alpha value is -1.80. The first-order chi connectivity index (χ1) is 11.5. The smallest absolute Gasteiger partial charge is 0.169 e. The van der Waals surface area contributed by atoms with Gasteiger partial charge in [-0.3, -0.25) is 0 Å². The fourth-order valence-electron chi connectivity index (χ4n) is 2.37. The van der Waals surface area contributed by atoms with Crippen LogP contribution in [0.15, 0.2) is 24.5 Å². The Kier molecular flexibility index (Phi) is 5.25. The third kappa shape index (κ3) is 3.99. The molecule has 0 atom stereocenters. The molecule has 0 bridgehead atoms. The number of nitrogen functional groups attached to an aromatic ring is 1. The number of anilines is 4. The van der Waals surface area contributed by atoms with Crippen LogP contribution >= 0.6 is 23.2 Å². The second kappa shape index (κ2) is 7.40. The fraction of sp³-hybridized carbons (Fsp3) is 0.333. The Morgan fingerprint density at radius 2 is 1.79 bits per heavy atom. The summed E-state index contributed by atoms with van der Waals surface area (Å²) in [5.74, 6) is 1.06. The molecule has 128 valence electrons. The zero-order chi connectivity index (χ0) is 17.1. The number of rotatable bonds is 4. The van der Waals surface area contributed by atoms with Crippen molar-refractivity contribution in [1.29, 1.82) is 0 Å². The largest absolute Gasteiger partial charge is 0.393 e. The van der Waals surface area contributed by atoms with E-state index in [1.165, 1.54) is 6.33 Å². The summed E-state index contributed by atoms with van der Waals surface area (Å²) in [6.45, 7) is 3.77. The highest BCUT2D eigenvalue weighted by molar-refractivity contribution is 6.36. The van der Waals surface area contributed by atoms with Gasteiger partial charge in [0.05, 0.1) is 10.7 Å². The van der Waals surface area contributed by atoms with Crippen molar-refractivity contribution in [2.75, 3.05) is 49.7 Å². The minimum atomic E-state index is 0.433. The van der Waals surface area contributed by atoms with Crippen molar-refractivity contribution in [2.24, 2.45) is 0 Å². The van der Waals surface area contributed by atoms with Crippen molar-refractivity contribution >= 4 is 46.2 Å². The predicted octanol–water partition coefficient (Wildman–Crippen LogP) is 2.68. The number of nitrogens with one attached hydrogen (secondary N) is 2. The van der Waals surface area contributed by atoms with Gasteiger partial charge in [0.2, 0.25) is 0 Å². The Morgan fingerprint density at radius 3 is 2.50 bits per heavy atom. The molecule has 2 aromatic rings. The first-order valence-corrected chi connectivity index (χ1v) is 8.31. The zero-order valence-electron chi connectivity index (χ0n) is 13.3. The van der Waals surface area contributed by atoms with Gasteiger partial charge in [-0.2, -0.15) is 0 Å². The topological polar surface area (TPSA) is 82.3 Å². The maximum atomic E-state index is 6.20. The Morgan fingerprint density at radius 1 is 1.08 bits per heavy atom. The standard InChI is InChI=1S/C15H19Cl2N7/c1-23-4-6-24(7-5-23)22-15-13(18)14(19-9-20-15)21-12-3-2-10(16)8-11(12)17/h2-3,8-9H,4-7,18H2,1H3,(H2,19,20,21,22). The molecule has 0 amide bonds. The van der Waals surface area contributed by atoms with Crippen molar-refractivity contribution in [2.45, 2.75) is 0 Å². The number of likely N-dealkylation sites (N-methyl/N-ethyl adjacent to an activating group) is 1. The first-order valence-electron chi connectivity index (χ1n) is 7.55. The number of aromatic nitrogens is 2. The average Bonchev–Trinajstić information content (AvgIpc) is 2.55. The Bertz CT molecular complexity index is 717. The molecule has 3 rings (SSSR count). The third-order valence-electron chi connectivity index (χ3n) is 3.84. The van der Waals surface area contributed by atoms with Crippen LogP contribution in [0.3, 0.4) is 0 Å². The molecule has 0 aliphatic carbocycles. The van der Waals surface area contributed by atoms with Crippen LogP contribution in [0.2, 0.25) is 10.0 Å². The van der Waals surface area contributed by atoms with Gasteiger partial charge in [-0.15, -0.1) is 0 Å². The van der Waals surface area contributed by atoms with E-state index < -0.39 is 0 Å². The van der Waals surface area contributed by atoms with Crippen molar-refractivity contribution in [1.82, 2.24) is 19.9 Å². The normalized spacial score (nSPS) is 16.1. The molecule has 1 saturated heterocycles. The molecule has 1 aromatic heterocycles. The molecule has 4 N–H and O–H groups in total. The SMILES string of the molecule is CN1CCN(Nc2ncnc(Nc3ccc(Cl)cc3Cl)c2N)CC1. The maximum absolute atomic E-state index is 6.20. The van der Waals surface area contributed by atoms with E-state index in [2.05, 4.69) is 37.7 Å². The van der Waals surface area contributed by atoms with E-state index in [4.69, 9.17) is 28.9 Å². The molecule has 0 saturated carbocycles. The highest BCUT2D eigenvalue weighted by Gasteiger charge is 2.16. The predicted molar refractivity (Wildman–Crippen MR) is 98.9 cm³/mol. The number of hydrazine groups is 1. The number of hydrogen-bond donors (Lipinski definition) is 3. The van der Waals surface area contributed by atoms with Crippen LogP contribution in [0.5, 0.6) is 0 Å². The fourth-order valence-corrected chi connectivity index (χ4v) is 2.83. The van der Waals surface area contributed by atoms with Crippen LogP contribution in [0.4, 0.5) is 23.0 Å². The second-order valence-corrected chi connectivity index (χ2v) is 6.48. The van der Waals surface area contributed by atoms with E-state index in [0.717, 1.165) is 26.2 Å². The van der Waals surface area contributed by atoms with Gasteiger partial charge in [0, 0.05) is 31.2 Å². The van der Waals surface area contributed by atoms with E-state index in [1.807, 2.05) is 0 Å². The average molecular weight is 368 g/mol. The Balaban J connectivity index is 1.75. The maximum Gasteiger partial charge on any atom is 0.169 e. The van der Waals surface area contributed by atoms with E-state index in [1.54, 1.807) is 18.2 Å². The van der Waals surface area contributed by atoms with Gasteiger partial charge in [-0.25, -0.2) is 15.0 Å². The van der Waals surface area contributed by atoms with Crippen molar-refractivity contribution in [3.05, 3.63) is 34.6 Å².